The maximum Gasteiger partial charge on any atom is 0.252 e. The third kappa shape index (κ3) is 3.54. The molecule has 1 N–H and O–H groups in total. The summed E-state index contributed by atoms with van der Waals surface area (Å²) in [6.45, 7) is 2.68. The van der Waals surface area contributed by atoms with E-state index >= 15 is 0 Å². The number of thioether (sulfide) groups is 1. The standard InChI is InChI=1S/C11H14BrNOS/c1-8-4-3-5-9(10(8)12)11(14)13-6-7-15-2/h3-5H,6-7H2,1-2H3,(H,13,14). The van der Waals surface area contributed by atoms with E-state index in [1.165, 1.54) is 0 Å². The molecule has 0 bridgehead atoms. The monoisotopic (exact) mass is 287 g/mol. The highest BCUT2D eigenvalue weighted by molar-refractivity contribution is 9.10. The van der Waals surface area contributed by atoms with E-state index in [0.29, 0.717) is 12.1 Å². The number of benzene rings is 1. The van der Waals surface area contributed by atoms with Crippen LogP contribution in [0.25, 0.3) is 0 Å². The van der Waals surface area contributed by atoms with Gasteiger partial charge in [-0.15, -0.1) is 0 Å². The van der Waals surface area contributed by atoms with Crippen molar-refractivity contribution in [3.8, 4) is 0 Å². The summed E-state index contributed by atoms with van der Waals surface area (Å²) in [5.74, 6) is 0.925. The maximum absolute atomic E-state index is 11.7. The molecule has 1 aromatic rings. The molecule has 0 aliphatic rings. The Morgan fingerprint density at radius 2 is 2.27 bits per heavy atom. The van der Waals surface area contributed by atoms with E-state index in [0.717, 1.165) is 15.8 Å². The van der Waals surface area contributed by atoms with Gasteiger partial charge in [0.25, 0.3) is 5.91 Å². The van der Waals surface area contributed by atoms with E-state index in [4.69, 9.17) is 0 Å². The van der Waals surface area contributed by atoms with E-state index in [1.807, 2.05) is 31.4 Å². The fourth-order valence-corrected chi connectivity index (χ4v) is 1.94. The van der Waals surface area contributed by atoms with Gasteiger partial charge in [0.2, 0.25) is 0 Å². The molecule has 0 aliphatic carbocycles. The van der Waals surface area contributed by atoms with Crippen LogP contribution < -0.4 is 5.32 Å². The lowest BCUT2D eigenvalue weighted by Gasteiger charge is -2.07. The fraction of sp³-hybridized carbons (Fsp3) is 0.364. The lowest BCUT2D eigenvalue weighted by molar-refractivity contribution is 0.0955. The Morgan fingerprint density at radius 3 is 2.93 bits per heavy atom. The number of hydrogen-bond acceptors (Lipinski definition) is 2. The molecule has 82 valence electrons. The lowest BCUT2D eigenvalue weighted by atomic mass is 10.1. The molecule has 0 saturated heterocycles. The first-order valence-corrected chi connectivity index (χ1v) is 6.87. The number of nitrogens with one attached hydrogen (secondary N) is 1. The highest BCUT2D eigenvalue weighted by atomic mass is 79.9. The van der Waals surface area contributed by atoms with Gasteiger partial charge in [-0.3, -0.25) is 4.79 Å². The minimum Gasteiger partial charge on any atom is -0.351 e. The first kappa shape index (κ1) is 12.6. The van der Waals surface area contributed by atoms with Gasteiger partial charge in [-0.05, 0) is 40.7 Å². The molecular weight excluding hydrogens is 274 g/mol. The lowest BCUT2D eigenvalue weighted by Crippen LogP contribution is -2.26. The van der Waals surface area contributed by atoms with Crippen molar-refractivity contribution in [3.05, 3.63) is 33.8 Å². The zero-order valence-corrected chi connectivity index (χ0v) is 11.2. The summed E-state index contributed by atoms with van der Waals surface area (Å²) >= 11 is 5.14. The number of rotatable bonds is 4. The molecule has 15 heavy (non-hydrogen) atoms. The van der Waals surface area contributed by atoms with Crippen molar-refractivity contribution in [1.29, 1.82) is 0 Å². The van der Waals surface area contributed by atoms with Crippen molar-refractivity contribution in [2.24, 2.45) is 0 Å². The second-order valence-corrected chi connectivity index (χ2v) is 4.96. The van der Waals surface area contributed by atoms with Gasteiger partial charge in [0.15, 0.2) is 0 Å². The Kier molecular flexibility index (Phi) is 5.19. The smallest absolute Gasteiger partial charge is 0.252 e. The zero-order valence-electron chi connectivity index (χ0n) is 8.84. The zero-order chi connectivity index (χ0) is 11.3. The summed E-state index contributed by atoms with van der Waals surface area (Å²) in [4.78, 5) is 11.7. The first-order chi connectivity index (χ1) is 7.16. The van der Waals surface area contributed by atoms with E-state index < -0.39 is 0 Å². The van der Waals surface area contributed by atoms with Crippen molar-refractivity contribution in [1.82, 2.24) is 5.32 Å². The van der Waals surface area contributed by atoms with Crippen LogP contribution in [0.3, 0.4) is 0 Å². The molecule has 0 heterocycles. The molecule has 0 atom stereocenters. The predicted octanol–water partition coefficient (Wildman–Crippen LogP) is 2.85. The van der Waals surface area contributed by atoms with Crippen molar-refractivity contribution >= 4 is 33.6 Å². The molecule has 0 fully saturated rings. The van der Waals surface area contributed by atoms with Crippen molar-refractivity contribution in [3.63, 3.8) is 0 Å². The molecule has 4 heteroatoms. The quantitative estimate of drug-likeness (QED) is 0.863. The van der Waals surface area contributed by atoms with Gasteiger partial charge < -0.3 is 5.32 Å². The minimum absolute atomic E-state index is 0.0142. The second kappa shape index (κ2) is 6.18. The average Bonchev–Trinajstić information content (AvgIpc) is 2.22. The van der Waals surface area contributed by atoms with Crippen LogP contribution in [0.1, 0.15) is 15.9 Å². The highest BCUT2D eigenvalue weighted by Crippen LogP contribution is 2.20. The van der Waals surface area contributed by atoms with E-state index in [9.17, 15) is 4.79 Å². The molecule has 0 spiro atoms. The van der Waals surface area contributed by atoms with E-state index in [-0.39, 0.29) is 5.91 Å². The Balaban J connectivity index is 2.69. The molecule has 1 amide bonds. The van der Waals surface area contributed by atoms with Crippen molar-refractivity contribution in [2.45, 2.75) is 6.92 Å². The van der Waals surface area contributed by atoms with Gasteiger partial charge in [0.1, 0.15) is 0 Å². The summed E-state index contributed by atoms with van der Waals surface area (Å²) in [6.07, 6.45) is 2.02. The van der Waals surface area contributed by atoms with Crippen LogP contribution >= 0.6 is 27.7 Å². The number of halogens is 1. The molecule has 1 rings (SSSR count). The van der Waals surface area contributed by atoms with Crippen LogP contribution in [0.4, 0.5) is 0 Å². The molecule has 0 radical (unpaired) electrons. The summed E-state index contributed by atoms with van der Waals surface area (Å²) in [7, 11) is 0. The first-order valence-electron chi connectivity index (χ1n) is 4.69. The van der Waals surface area contributed by atoms with Crippen molar-refractivity contribution in [2.75, 3.05) is 18.6 Å². The van der Waals surface area contributed by atoms with Crippen molar-refractivity contribution < 1.29 is 4.79 Å². The summed E-state index contributed by atoms with van der Waals surface area (Å²) < 4.78 is 0.881. The van der Waals surface area contributed by atoms with Crippen LogP contribution in [-0.2, 0) is 0 Å². The van der Waals surface area contributed by atoms with Gasteiger partial charge in [0, 0.05) is 16.8 Å². The molecule has 0 aromatic heterocycles. The fourth-order valence-electron chi connectivity index (χ4n) is 1.18. The topological polar surface area (TPSA) is 29.1 Å². The van der Waals surface area contributed by atoms with Gasteiger partial charge in [-0.1, -0.05) is 12.1 Å². The molecular formula is C11H14BrNOS. The highest BCUT2D eigenvalue weighted by Gasteiger charge is 2.09. The van der Waals surface area contributed by atoms with E-state index in [2.05, 4.69) is 21.2 Å². The maximum atomic E-state index is 11.7. The molecule has 0 saturated carbocycles. The summed E-state index contributed by atoms with van der Waals surface area (Å²) in [5, 5.41) is 2.88. The largest absolute Gasteiger partial charge is 0.351 e. The summed E-state index contributed by atoms with van der Waals surface area (Å²) in [5.41, 5.74) is 1.78. The van der Waals surface area contributed by atoms with Gasteiger partial charge in [-0.25, -0.2) is 0 Å². The average molecular weight is 288 g/mol. The van der Waals surface area contributed by atoms with Crippen LogP contribution in [0.2, 0.25) is 0 Å². The SMILES string of the molecule is CSCCNC(=O)c1cccc(C)c1Br. The molecule has 0 aliphatic heterocycles. The Labute approximate surface area is 103 Å². The van der Waals surface area contributed by atoms with Crippen LogP contribution in [-0.4, -0.2) is 24.5 Å². The Morgan fingerprint density at radius 1 is 1.53 bits per heavy atom. The normalized spacial score (nSPS) is 10.1. The van der Waals surface area contributed by atoms with Gasteiger partial charge >= 0.3 is 0 Å². The third-order valence-corrected chi connectivity index (χ3v) is 3.69. The summed E-state index contributed by atoms with van der Waals surface area (Å²) in [6, 6.07) is 5.69. The number of amides is 1. The minimum atomic E-state index is -0.0142. The number of carbonyl (C=O) groups is 1. The number of carbonyl (C=O) groups excluding carboxylic acids is 1. The molecule has 2 nitrogen and oxygen atoms in total. The Hall–Kier alpha value is -0.480. The molecule has 0 unspecified atom stereocenters. The predicted molar refractivity (Wildman–Crippen MR) is 69.6 cm³/mol. The second-order valence-electron chi connectivity index (χ2n) is 3.19. The van der Waals surface area contributed by atoms with Crippen LogP contribution in [0.15, 0.2) is 22.7 Å². The molecule has 1 aromatic carbocycles. The number of aryl methyl sites for hydroxylation is 1. The number of hydrogen-bond donors (Lipinski definition) is 1. The van der Waals surface area contributed by atoms with Gasteiger partial charge in [-0.2, -0.15) is 11.8 Å². The van der Waals surface area contributed by atoms with E-state index in [1.54, 1.807) is 11.8 Å². The van der Waals surface area contributed by atoms with Gasteiger partial charge in [0.05, 0.1) is 5.56 Å². The van der Waals surface area contributed by atoms with Crippen LogP contribution in [0, 0.1) is 6.92 Å². The Bertz CT molecular complexity index is 354. The third-order valence-electron chi connectivity index (χ3n) is 2.03. The van der Waals surface area contributed by atoms with Crippen LogP contribution in [0.5, 0.6) is 0 Å².